The van der Waals surface area contributed by atoms with Crippen molar-refractivity contribution in [2.75, 3.05) is 30.4 Å². The summed E-state index contributed by atoms with van der Waals surface area (Å²) in [6, 6.07) is 5.80. The number of hydrogen-bond acceptors (Lipinski definition) is 3. The summed E-state index contributed by atoms with van der Waals surface area (Å²) >= 11 is 0. The molecule has 5 heteroatoms. The van der Waals surface area contributed by atoms with Crippen LogP contribution >= 0.6 is 0 Å². The molecule has 0 saturated carbocycles. The van der Waals surface area contributed by atoms with Gasteiger partial charge in [0.1, 0.15) is 0 Å². The topological polar surface area (TPSA) is 58.2 Å². The van der Waals surface area contributed by atoms with E-state index < -0.39 is 10.8 Å². The largest absolute Gasteiger partial charge is 0.384 e. The van der Waals surface area contributed by atoms with E-state index in [1.165, 1.54) is 5.56 Å². The van der Waals surface area contributed by atoms with Crippen LogP contribution < -0.4 is 10.6 Å². The highest BCUT2D eigenvalue weighted by Gasteiger charge is 2.16. The molecule has 1 atom stereocenters. The zero-order chi connectivity index (χ0) is 13.0. The first-order valence-electron chi connectivity index (χ1n) is 6.12. The zero-order valence-electron chi connectivity index (χ0n) is 10.5. The van der Waals surface area contributed by atoms with Gasteiger partial charge in [0.2, 0.25) is 0 Å². The predicted molar refractivity (Wildman–Crippen MR) is 74.5 cm³/mol. The molecule has 1 heterocycles. The smallest absolute Gasteiger partial charge is 0.253 e. The Labute approximate surface area is 110 Å². The van der Waals surface area contributed by atoms with Crippen molar-refractivity contribution in [3.05, 3.63) is 29.3 Å². The second kappa shape index (κ2) is 6.00. The number of aryl methyl sites for hydroxylation is 1. The van der Waals surface area contributed by atoms with Gasteiger partial charge < -0.3 is 10.6 Å². The van der Waals surface area contributed by atoms with Gasteiger partial charge in [-0.05, 0) is 24.5 Å². The third-order valence-corrected chi connectivity index (χ3v) is 3.77. The molecule has 0 radical (unpaired) electrons. The van der Waals surface area contributed by atoms with E-state index in [2.05, 4.69) is 16.7 Å². The molecule has 4 nitrogen and oxygen atoms in total. The van der Waals surface area contributed by atoms with Crippen molar-refractivity contribution in [3.63, 3.8) is 0 Å². The lowest BCUT2D eigenvalue weighted by Crippen LogP contribution is -2.29. The fourth-order valence-corrected chi connectivity index (χ4v) is 2.49. The Hall–Kier alpha value is -1.36. The maximum atomic E-state index is 12.0. The van der Waals surface area contributed by atoms with Gasteiger partial charge in [-0.1, -0.05) is 12.1 Å². The third kappa shape index (κ3) is 3.10. The van der Waals surface area contributed by atoms with Crippen LogP contribution in [0.25, 0.3) is 0 Å². The minimum absolute atomic E-state index is 0.0910. The van der Waals surface area contributed by atoms with Crippen molar-refractivity contribution in [1.29, 1.82) is 0 Å². The molecule has 1 aliphatic rings. The van der Waals surface area contributed by atoms with E-state index in [9.17, 15) is 9.00 Å². The molecule has 1 amide bonds. The molecule has 1 unspecified atom stereocenters. The molecule has 2 rings (SSSR count). The number of amides is 1. The molecule has 1 aliphatic heterocycles. The highest BCUT2D eigenvalue weighted by molar-refractivity contribution is 7.84. The molecule has 2 N–H and O–H groups in total. The van der Waals surface area contributed by atoms with Crippen LogP contribution in [0.5, 0.6) is 0 Å². The van der Waals surface area contributed by atoms with Crippen LogP contribution in [0.15, 0.2) is 18.2 Å². The summed E-state index contributed by atoms with van der Waals surface area (Å²) in [6.45, 7) is 1.36. The maximum Gasteiger partial charge on any atom is 0.253 e. The van der Waals surface area contributed by atoms with Crippen LogP contribution in [-0.2, 0) is 17.2 Å². The average Bonchev–Trinajstić information content (AvgIpc) is 2.37. The number of rotatable bonds is 4. The normalized spacial score (nSPS) is 15.4. The molecule has 1 aromatic carbocycles. The SMILES string of the molecule is CS(=O)CCNC(=O)c1cccc2c1NCCC2. The lowest BCUT2D eigenvalue weighted by Gasteiger charge is -2.20. The van der Waals surface area contributed by atoms with Crippen LogP contribution in [0.3, 0.4) is 0 Å². The minimum atomic E-state index is -0.871. The Morgan fingerprint density at radius 1 is 1.50 bits per heavy atom. The van der Waals surface area contributed by atoms with Gasteiger partial charge in [0.15, 0.2) is 0 Å². The van der Waals surface area contributed by atoms with Crippen molar-refractivity contribution in [1.82, 2.24) is 5.32 Å². The minimum Gasteiger partial charge on any atom is -0.384 e. The first-order chi connectivity index (χ1) is 8.68. The van der Waals surface area contributed by atoms with Crippen LogP contribution in [0.1, 0.15) is 22.3 Å². The van der Waals surface area contributed by atoms with Gasteiger partial charge >= 0.3 is 0 Å². The van der Waals surface area contributed by atoms with E-state index >= 15 is 0 Å². The van der Waals surface area contributed by atoms with Gasteiger partial charge in [0, 0.05) is 35.9 Å². The molecule has 0 fully saturated rings. The Bertz CT molecular complexity index is 474. The zero-order valence-corrected chi connectivity index (χ0v) is 11.3. The van der Waals surface area contributed by atoms with Gasteiger partial charge in [-0.3, -0.25) is 9.00 Å². The summed E-state index contributed by atoms with van der Waals surface area (Å²) in [7, 11) is -0.871. The maximum absolute atomic E-state index is 12.0. The fourth-order valence-electron chi connectivity index (χ4n) is 2.10. The summed E-state index contributed by atoms with van der Waals surface area (Å²) < 4.78 is 10.9. The molecule has 0 saturated heterocycles. The highest BCUT2D eigenvalue weighted by atomic mass is 32.2. The first-order valence-corrected chi connectivity index (χ1v) is 7.85. The number of hydrogen-bond donors (Lipinski definition) is 2. The van der Waals surface area contributed by atoms with Gasteiger partial charge in [-0.15, -0.1) is 0 Å². The van der Waals surface area contributed by atoms with E-state index in [1.807, 2.05) is 12.1 Å². The van der Waals surface area contributed by atoms with Gasteiger partial charge in [0.25, 0.3) is 5.91 Å². The second-order valence-corrected chi connectivity index (χ2v) is 5.96. The molecule has 0 aliphatic carbocycles. The van der Waals surface area contributed by atoms with Crippen LogP contribution in [0.4, 0.5) is 5.69 Å². The van der Waals surface area contributed by atoms with Crippen LogP contribution in [0, 0.1) is 0 Å². The Morgan fingerprint density at radius 3 is 3.11 bits per heavy atom. The van der Waals surface area contributed by atoms with Gasteiger partial charge in [-0.2, -0.15) is 0 Å². The molecule has 0 aromatic heterocycles. The average molecular weight is 266 g/mol. The number of fused-ring (bicyclic) bond motifs is 1. The number of carbonyl (C=O) groups is 1. The first kappa shape index (κ1) is 13.1. The Kier molecular flexibility index (Phi) is 4.36. The number of nitrogens with one attached hydrogen (secondary N) is 2. The number of carbonyl (C=O) groups excluding carboxylic acids is 1. The summed E-state index contributed by atoms with van der Waals surface area (Å²) in [4.78, 5) is 12.0. The molecule has 1 aromatic rings. The quantitative estimate of drug-likeness (QED) is 0.859. The van der Waals surface area contributed by atoms with E-state index in [1.54, 1.807) is 6.26 Å². The van der Waals surface area contributed by atoms with Crippen molar-refractivity contribution in [2.24, 2.45) is 0 Å². The van der Waals surface area contributed by atoms with E-state index in [0.717, 1.165) is 25.1 Å². The van der Waals surface area contributed by atoms with Crippen molar-refractivity contribution >= 4 is 22.4 Å². The third-order valence-electron chi connectivity index (χ3n) is 3.00. The van der Waals surface area contributed by atoms with E-state index in [0.29, 0.717) is 17.9 Å². The van der Waals surface area contributed by atoms with E-state index in [-0.39, 0.29) is 5.91 Å². The molecular weight excluding hydrogens is 248 g/mol. The van der Waals surface area contributed by atoms with Gasteiger partial charge in [-0.25, -0.2) is 0 Å². The molecule has 98 valence electrons. The highest BCUT2D eigenvalue weighted by Crippen LogP contribution is 2.25. The predicted octanol–water partition coefficient (Wildman–Crippen LogP) is 1.15. The number of benzene rings is 1. The van der Waals surface area contributed by atoms with Crippen molar-refractivity contribution in [2.45, 2.75) is 12.8 Å². The Morgan fingerprint density at radius 2 is 2.33 bits per heavy atom. The van der Waals surface area contributed by atoms with Crippen LogP contribution in [0.2, 0.25) is 0 Å². The molecule has 0 spiro atoms. The summed E-state index contributed by atoms with van der Waals surface area (Å²) in [6.07, 6.45) is 3.76. The summed E-state index contributed by atoms with van der Waals surface area (Å²) in [5, 5.41) is 6.10. The van der Waals surface area contributed by atoms with Gasteiger partial charge in [0.05, 0.1) is 11.3 Å². The lowest BCUT2D eigenvalue weighted by molar-refractivity contribution is 0.0957. The number of para-hydroxylation sites is 1. The Balaban J connectivity index is 2.08. The fraction of sp³-hybridized carbons (Fsp3) is 0.462. The molecular formula is C13H18N2O2S. The monoisotopic (exact) mass is 266 g/mol. The molecule has 0 bridgehead atoms. The van der Waals surface area contributed by atoms with Crippen LogP contribution in [-0.4, -0.2) is 35.2 Å². The van der Waals surface area contributed by atoms with E-state index in [4.69, 9.17) is 0 Å². The lowest BCUT2D eigenvalue weighted by atomic mass is 9.99. The number of anilines is 1. The van der Waals surface area contributed by atoms with Crippen molar-refractivity contribution < 1.29 is 9.00 Å². The summed E-state index contributed by atoms with van der Waals surface area (Å²) in [5.41, 5.74) is 2.85. The standard InChI is InChI=1S/C13H18N2O2S/c1-18(17)9-8-15-13(16)11-6-2-4-10-5-3-7-14-12(10)11/h2,4,6,14H,3,5,7-9H2,1H3,(H,15,16). The second-order valence-electron chi connectivity index (χ2n) is 4.40. The molecule has 18 heavy (non-hydrogen) atoms. The summed E-state index contributed by atoms with van der Waals surface area (Å²) in [5.74, 6) is 0.403. The van der Waals surface area contributed by atoms with Crippen molar-refractivity contribution in [3.8, 4) is 0 Å².